The van der Waals surface area contributed by atoms with E-state index in [0.717, 1.165) is 11.3 Å². The molecule has 0 aliphatic heterocycles. The summed E-state index contributed by atoms with van der Waals surface area (Å²) in [6.07, 6.45) is 3.74. The molecule has 0 saturated carbocycles. The Morgan fingerprint density at radius 3 is 2.60 bits per heavy atom. The largest absolute Gasteiger partial charge is 0.496 e. The number of carbonyl (C=O) groups excluding carboxylic acids is 3. The van der Waals surface area contributed by atoms with E-state index in [1.807, 2.05) is 24.3 Å². The van der Waals surface area contributed by atoms with Crippen LogP contribution < -0.4 is 15.4 Å². The fraction of sp³-hybridized carbons (Fsp3) is 0.182. The van der Waals surface area contributed by atoms with E-state index in [2.05, 4.69) is 15.6 Å². The number of aryl methyl sites for hydroxylation is 1. The zero-order chi connectivity index (χ0) is 21.5. The quantitative estimate of drug-likeness (QED) is 0.461. The predicted molar refractivity (Wildman–Crippen MR) is 111 cm³/mol. The first-order valence-electron chi connectivity index (χ1n) is 9.32. The molecule has 8 heteroatoms. The summed E-state index contributed by atoms with van der Waals surface area (Å²) in [5.41, 5.74) is 1.64. The van der Waals surface area contributed by atoms with Crippen LogP contribution in [0.3, 0.4) is 0 Å². The van der Waals surface area contributed by atoms with Gasteiger partial charge in [-0.05, 0) is 30.2 Å². The summed E-state index contributed by atoms with van der Waals surface area (Å²) in [7, 11) is 3.30. The van der Waals surface area contributed by atoms with Crippen LogP contribution in [-0.4, -0.2) is 40.8 Å². The molecule has 30 heavy (non-hydrogen) atoms. The highest BCUT2D eigenvalue weighted by Gasteiger charge is 2.17. The van der Waals surface area contributed by atoms with Crippen LogP contribution in [0.2, 0.25) is 0 Å². The molecule has 8 nitrogen and oxygen atoms in total. The van der Waals surface area contributed by atoms with E-state index in [1.165, 1.54) is 12.3 Å². The Morgan fingerprint density at radius 2 is 1.87 bits per heavy atom. The number of nitrogens with one attached hydrogen (secondary N) is 2. The number of benzene rings is 2. The molecule has 3 aromatic rings. The molecule has 0 bridgehead atoms. The van der Waals surface area contributed by atoms with Crippen molar-refractivity contribution in [1.82, 2.24) is 14.9 Å². The summed E-state index contributed by atoms with van der Waals surface area (Å²) in [6, 6.07) is 13.8. The van der Waals surface area contributed by atoms with Gasteiger partial charge in [0.15, 0.2) is 5.82 Å². The Balaban J connectivity index is 1.57. The zero-order valence-electron chi connectivity index (χ0n) is 16.7. The number of ether oxygens (including phenoxy) is 1. The number of nitrogens with zero attached hydrogens (tertiary/aromatic N) is 2. The number of ketones is 1. The SMILES string of the molecule is COc1ccccc1CCNC(=O)C(=O)Nc1cccc(C(=O)c2nccn2C)c1. The highest BCUT2D eigenvalue weighted by atomic mass is 16.5. The first kappa shape index (κ1) is 20.8. The Labute approximate surface area is 173 Å². The Kier molecular flexibility index (Phi) is 6.59. The van der Waals surface area contributed by atoms with Gasteiger partial charge < -0.3 is 19.9 Å². The lowest BCUT2D eigenvalue weighted by Gasteiger charge is -2.10. The number of aromatic nitrogens is 2. The second kappa shape index (κ2) is 9.51. The Hall–Kier alpha value is -3.94. The fourth-order valence-electron chi connectivity index (χ4n) is 2.94. The van der Waals surface area contributed by atoms with Crippen molar-refractivity contribution >= 4 is 23.3 Å². The van der Waals surface area contributed by atoms with Crippen LogP contribution in [0.25, 0.3) is 0 Å². The monoisotopic (exact) mass is 406 g/mol. The van der Waals surface area contributed by atoms with Gasteiger partial charge in [0.25, 0.3) is 0 Å². The molecule has 1 heterocycles. The van der Waals surface area contributed by atoms with Crippen molar-refractivity contribution in [2.75, 3.05) is 19.0 Å². The maximum Gasteiger partial charge on any atom is 0.313 e. The number of hydrogen-bond donors (Lipinski definition) is 2. The van der Waals surface area contributed by atoms with Crippen LogP contribution in [0.15, 0.2) is 60.9 Å². The molecule has 0 spiro atoms. The number of hydrogen-bond acceptors (Lipinski definition) is 5. The number of carbonyl (C=O) groups is 3. The summed E-state index contributed by atoms with van der Waals surface area (Å²) in [5, 5.41) is 5.10. The number of anilines is 1. The first-order valence-corrected chi connectivity index (χ1v) is 9.32. The van der Waals surface area contributed by atoms with Gasteiger partial charge in [0.05, 0.1) is 7.11 Å². The standard InChI is InChI=1S/C22H22N4O4/c1-26-13-12-23-20(26)19(27)16-7-5-8-17(14-16)25-22(29)21(28)24-11-10-15-6-3-4-9-18(15)30-2/h3-9,12-14H,10-11H2,1-2H3,(H,24,28)(H,25,29). The molecule has 1 aromatic heterocycles. The predicted octanol–water partition coefficient (Wildman–Crippen LogP) is 1.96. The molecule has 0 atom stereocenters. The number of methoxy groups -OCH3 is 1. The van der Waals surface area contributed by atoms with E-state index in [9.17, 15) is 14.4 Å². The number of rotatable bonds is 7. The third kappa shape index (κ3) is 4.91. The topological polar surface area (TPSA) is 102 Å². The second-order valence-electron chi connectivity index (χ2n) is 6.54. The molecule has 2 aromatic carbocycles. The lowest BCUT2D eigenvalue weighted by Crippen LogP contribution is -2.36. The second-order valence-corrected chi connectivity index (χ2v) is 6.54. The maximum atomic E-state index is 12.5. The van der Waals surface area contributed by atoms with Gasteiger partial charge in [-0.3, -0.25) is 14.4 Å². The van der Waals surface area contributed by atoms with Crippen LogP contribution in [0.1, 0.15) is 21.7 Å². The van der Waals surface area contributed by atoms with Crippen LogP contribution in [0.4, 0.5) is 5.69 Å². The van der Waals surface area contributed by atoms with Gasteiger partial charge in [0.1, 0.15) is 5.75 Å². The van der Waals surface area contributed by atoms with Gasteiger partial charge >= 0.3 is 11.8 Å². The normalized spacial score (nSPS) is 10.3. The summed E-state index contributed by atoms with van der Waals surface area (Å²) in [5.74, 6) is -0.833. The average Bonchev–Trinajstić information content (AvgIpc) is 3.19. The van der Waals surface area contributed by atoms with E-state index >= 15 is 0 Å². The highest BCUT2D eigenvalue weighted by Crippen LogP contribution is 2.17. The summed E-state index contributed by atoms with van der Waals surface area (Å²) in [4.78, 5) is 40.9. The molecule has 2 amide bonds. The summed E-state index contributed by atoms with van der Waals surface area (Å²) >= 11 is 0. The van der Waals surface area contributed by atoms with Crippen molar-refractivity contribution in [3.05, 3.63) is 77.9 Å². The molecule has 0 aliphatic rings. The number of imidazole rings is 1. The average molecular weight is 406 g/mol. The number of para-hydroxylation sites is 1. The van der Waals surface area contributed by atoms with Gasteiger partial charge in [-0.1, -0.05) is 30.3 Å². The van der Waals surface area contributed by atoms with E-state index in [-0.39, 0.29) is 18.2 Å². The van der Waals surface area contributed by atoms with E-state index in [4.69, 9.17) is 4.74 Å². The third-order valence-corrected chi connectivity index (χ3v) is 4.49. The number of amides is 2. The minimum atomic E-state index is -0.809. The molecule has 0 saturated heterocycles. The van der Waals surface area contributed by atoms with E-state index in [1.54, 1.807) is 43.1 Å². The fourth-order valence-corrected chi connectivity index (χ4v) is 2.94. The summed E-state index contributed by atoms with van der Waals surface area (Å²) in [6.45, 7) is 0.282. The Bertz CT molecular complexity index is 1070. The smallest absolute Gasteiger partial charge is 0.313 e. The van der Waals surface area contributed by atoms with E-state index < -0.39 is 11.8 Å². The third-order valence-electron chi connectivity index (χ3n) is 4.49. The molecule has 154 valence electrons. The molecule has 3 rings (SSSR count). The Morgan fingerprint density at radius 1 is 1.07 bits per heavy atom. The molecular weight excluding hydrogens is 384 g/mol. The minimum absolute atomic E-state index is 0.278. The lowest BCUT2D eigenvalue weighted by molar-refractivity contribution is -0.136. The van der Waals surface area contributed by atoms with E-state index in [0.29, 0.717) is 17.7 Å². The maximum absolute atomic E-state index is 12.5. The van der Waals surface area contributed by atoms with Gasteiger partial charge in [-0.15, -0.1) is 0 Å². The summed E-state index contributed by atoms with van der Waals surface area (Å²) < 4.78 is 6.88. The van der Waals surface area contributed by atoms with Gasteiger partial charge in [-0.2, -0.15) is 0 Å². The van der Waals surface area contributed by atoms with Gasteiger partial charge in [-0.25, -0.2) is 4.98 Å². The van der Waals surface area contributed by atoms with Crippen LogP contribution in [-0.2, 0) is 23.1 Å². The minimum Gasteiger partial charge on any atom is -0.496 e. The van der Waals surface area contributed by atoms with Crippen molar-refractivity contribution in [1.29, 1.82) is 0 Å². The zero-order valence-corrected chi connectivity index (χ0v) is 16.7. The van der Waals surface area contributed by atoms with Crippen LogP contribution in [0.5, 0.6) is 5.75 Å². The highest BCUT2D eigenvalue weighted by molar-refractivity contribution is 6.39. The molecule has 0 radical (unpaired) electrons. The van der Waals surface area contributed by atoms with Crippen LogP contribution in [0, 0.1) is 0 Å². The van der Waals surface area contributed by atoms with Gasteiger partial charge in [0, 0.05) is 37.2 Å². The van der Waals surface area contributed by atoms with Crippen molar-refractivity contribution in [3.8, 4) is 5.75 Å². The molecule has 0 aliphatic carbocycles. The van der Waals surface area contributed by atoms with Gasteiger partial charge in [0.2, 0.25) is 5.78 Å². The van der Waals surface area contributed by atoms with Crippen molar-refractivity contribution in [3.63, 3.8) is 0 Å². The van der Waals surface area contributed by atoms with Crippen molar-refractivity contribution in [2.45, 2.75) is 6.42 Å². The van der Waals surface area contributed by atoms with Crippen molar-refractivity contribution < 1.29 is 19.1 Å². The molecule has 0 fully saturated rings. The lowest BCUT2D eigenvalue weighted by atomic mass is 10.1. The van der Waals surface area contributed by atoms with Crippen LogP contribution >= 0.6 is 0 Å². The molecule has 0 unspecified atom stereocenters. The first-order chi connectivity index (χ1) is 14.5. The molecule has 2 N–H and O–H groups in total. The van der Waals surface area contributed by atoms with Crippen molar-refractivity contribution in [2.24, 2.45) is 7.05 Å². The molecular formula is C22H22N4O4.